The van der Waals surface area contributed by atoms with E-state index in [1.165, 1.54) is 6.42 Å². The van der Waals surface area contributed by atoms with Gasteiger partial charge in [0.25, 0.3) is 5.56 Å². The molecular formula is C14H21N3O. The van der Waals surface area contributed by atoms with Crippen LogP contribution in [0.25, 0.3) is 0 Å². The van der Waals surface area contributed by atoms with Gasteiger partial charge in [-0.2, -0.15) is 0 Å². The van der Waals surface area contributed by atoms with Crippen molar-refractivity contribution in [2.75, 3.05) is 13.1 Å². The minimum absolute atomic E-state index is 0.146. The highest BCUT2D eigenvalue weighted by atomic mass is 16.1. The Morgan fingerprint density at radius 3 is 3.06 bits per heavy atom. The van der Waals surface area contributed by atoms with E-state index in [1.807, 2.05) is 4.57 Å². The minimum Gasteiger partial charge on any atom is -0.316 e. The Hall–Kier alpha value is -1.16. The number of aryl methyl sites for hydroxylation is 1. The first kappa shape index (κ1) is 11.9. The normalized spacial score (nSPS) is 27.8. The second kappa shape index (κ2) is 4.84. The van der Waals surface area contributed by atoms with Crippen LogP contribution in [0.15, 0.2) is 10.9 Å². The summed E-state index contributed by atoms with van der Waals surface area (Å²) in [6.45, 7) is 4.18. The van der Waals surface area contributed by atoms with E-state index in [4.69, 9.17) is 4.98 Å². The molecule has 0 amide bonds. The first-order valence-corrected chi connectivity index (χ1v) is 7.09. The summed E-state index contributed by atoms with van der Waals surface area (Å²) < 4.78 is 1.89. The van der Waals surface area contributed by atoms with Gasteiger partial charge in [0.05, 0.1) is 5.69 Å². The standard InChI is InChI=1S/C14H21N3O/c1-10-4-2-6-13-16-12(8-14(18)17(10)13)11-5-3-7-15-9-11/h8,10-11,15H,2-7,9H2,1H3. The molecule has 4 heteroatoms. The average molecular weight is 247 g/mol. The molecule has 1 fully saturated rings. The second-order valence-corrected chi connectivity index (χ2v) is 5.59. The molecule has 2 unspecified atom stereocenters. The van der Waals surface area contributed by atoms with Gasteiger partial charge in [0.1, 0.15) is 5.82 Å². The van der Waals surface area contributed by atoms with E-state index in [0.29, 0.717) is 12.0 Å². The maximum Gasteiger partial charge on any atom is 0.253 e. The number of hydrogen-bond donors (Lipinski definition) is 1. The van der Waals surface area contributed by atoms with Crippen LogP contribution in [0.2, 0.25) is 0 Å². The number of hydrogen-bond acceptors (Lipinski definition) is 3. The second-order valence-electron chi connectivity index (χ2n) is 5.59. The van der Waals surface area contributed by atoms with E-state index < -0.39 is 0 Å². The Morgan fingerprint density at radius 1 is 1.39 bits per heavy atom. The molecule has 0 saturated carbocycles. The zero-order chi connectivity index (χ0) is 12.5. The van der Waals surface area contributed by atoms with Crippen molar-refractivity contribution in [1.82, 2.24) is 14.9 Å². The molecule has 0 radical (unpaired) electrons. The summed E-state index contributed by atoms with van der Waals surface area (Å²) in [5.74, 6) is 1.43. The van der Waals surface area contributed by atoms with Crippen molar-refractivity contribution in [3.63, 3.8) is 0 Å². The molecule has 1 saturated heterocycles. The minimum atomic E-state index is 0.146. The first-order valence-electron chi connectivity index (χ1n) is 7.09. The van der Waals surface area contributed by atoms with Gasteiger partial charge in [0.2, 0.25) is 0 Å². The molecule has 98 valence electrons. The van der Waals surface area contributed by atoms with Crippen molar-refractivity contribution < 1.29 is 0 Å². The number of rotatable bonds is 1. The summed E-state index contributed by atoms with van der Waals surface area (Å²) in [5.41, 5.74) is 1.15. The van der Waals surface area contributed by atoms with Gasteiger partial charge in [-0.25, -0.2) is 4.98 Å². The van der Waals surface area contributed by atoms with Crippen molar-refractivity contribution in [2.24, 2.45) is 0 Å². The molecule has 4 nitrogen and oxygen atoms in total. The van der Waals surface area contributed by atoms with Crippen molar-refractivity contribution in [3.05, 3.63) is 27.9 Å². The molecule has 0 aliphatic carbocycles. The lowest BCUT2D eigenvalue weighted by Gasteiger charge is -2.27. The molecule has 3 rings (SSSR count). The number of aromatic nitrogens is 2. The number of fused-ring (bicyclic) bond motifs is 1. The van der Waals surface area contributed by atoms with Gasteiger partial charge in [0, 0.05) is 31.0 Å². The average Bonchev–Trinajstić information content (AvgIpc) is 2.39. The molecule has 0 aromatic carbocycles. The Labute approximate surface area is 107 Å². The maximum atomic E-state index is 12.2. The van der Waals surface area contributed by atoms with Crippen LogP contribution in [-0.4, -0.2) is 22.6 Å². The third-order valence-electron chi connectivity index (χ3n) is 4.22. The zero-order valence-electron chi connectivity index (χ0n) is 11.0. The lowest BCUT2D eigenvalue weighted by molar-refractivity contribution is 0.395. The van der Waals surface area contributed by atoms with E-state index in [9.17, 15) is 4.79 Å². The lowest BCUT2D eigenvalue weighted by Crippen LogP contribution is -2.34. The first-order chi connectivity index (χ1) is 8.75. The third-order valence-corrected chi connectivity index (χ3v) is 4.22. The fourth-order valence-electron chi connectivity index (χ4n) is 3.20. The van der Waals surface area contributed by atoms with Gasteiger partial charge in [-0.15, -0.1) is 0 Å². The van der Waals surface area contributed by atoms with Crippen LogP contribution in [0, 0.1) is 0 Å². The van der Waals surface area contributed by atoms with Crippen LogP contribution < -0.4 is 10.9 Å². The summed E-state index contributed by atoms with van der Waals surface area (Å²) in [6.07, 6.45) is 5.53. The Kier molecular flexibility index (Phi) is 3.20. The fourth-order valence-corrected chi connectivity index (χ4v) is 3.20. The van der Waals surface area contributed by atoms with Crippen LogP contribution in [0.1, 0.15) is 56.1 Å². The highest BCUT2D eigenvalue weighted by molar-refractivity contribution is 5.13. The van der Waals surface area contributed by atoms with Gasteiger partial charge in [-0.05, 0) is 39.2 Å². The van der Waals surface area contributed by atoms with Crippen LogP contribution >= 0.6 is 0 Å². The third kappa shape index (κ3) is 2.09. The predicted molar refractivity (Wildman–Crippen MR) is 71.0 cm³/mol. The van der Waals surface area contributed by atoms with Crippen molar-refractivity contribution in [2.45, 2.75) is 51.0 Å². The van der Waals surface area contributed by atoms with E-state index in [-0.39, 0.29) is 5.56 Å². The van der Waals surface area contributed by atoms with Crippen LogP contribution in [-0.2, 0) is 6.42 Å². The predicted octanol–water partition coefficient (Wildman–Crippen LogP) is 1.61. The smallest absolute Gasteiger partial charge is 0.253 e. The largest absolute Gasteiger partial charge is 0.316 e. The highest BCUT2D eigenvalue weighted by Gasteiger charge is 2.22. The molecule has 18 heavy (non-hydrogen) atoms. The molecule has 2 aliphatic heterocycles. The van der Waals surface area contributed by atoms with Crippen molar-refractivity contribution in [3.8, 4) is 0 Å². The van der Waals surface area contributed by atoms with Crippen molar-refractivity contribution in [1.29, 1.82) is 0 Å². The van der Waals surface area contributed by atoms with Crippen molar-refractivity contribution >= 4 is 0 Å². The van der Waals surface area contributed by atoms with E-state index in [0.717, 1.165) is 50.3 Å². The lowest BCUT2D eigenvalue weighted by atomic mass is 9.95. The zero-order valence-corrected chi connectivity index (χ0v) is 11.0. The monoisotopic (exact) mass is 247 g/mol. The number of nitrogens with one attached hydrogen (secondary N) is 1. The maximum absolute atomic E-state index is 12.2. The Morgan fingerprint density at radius 2 is 2.28 bits per heavy atom. The van der Waals surface area contributed by atoms with E-state index in [1.54, 1.807) is 6.07 Å². The SMILES string of the molecule is CC1CCCc2nc(C3CCCNC3)cc(=O)n21. The molecule has 0 bridgehead atoms. The summed E-state index contributed by atoms with van der Waals surface area (Å²) >= 11 is 0. The fraction of sp³-hybridized carbons (Fsp3) is 0.714. The van der Waals surface area contributed by atoms with E-state index in [2.05, 4.69) is 12.2 Å². The number of nitrogens with zero attached hydrogens (tertiary/aromatic N) is 2. The van der Waals surface area contributed by atoms with E-state index >= 15 is 0 Å². The molecule has 3 heterocycles. The number of piperidine rings is 1. The summed E-state index contributed by atoms with van der Waals surface area (Å²) in [4.78, 5) is 17.0. The van der Waals surface area contributed by atoms with Crippen LogP contribution in [0.3, 0.4) is 0 Å². The molecule has 2 aliphatic rings. The Bertz CT molecular complexity index is 488. The quantitative estimate of drug-likeness (QED) is 0.820. The molecule has 1 aromatic heterocycles. The highest BCUT2D eigenvalue weighted by Crippen LogP contribution is 2.24. The summed E-state index contributed by atoms with van der Waals surface area (Å²) in [7, 11) is 0. The molecule has 1 N–H and O–H groups in total. The topological polar surface area (TPSA) is 46.9 Å². The van der Waals surface area contributed by atoms with Gasteiger partial charge >= 0.3 is 0 Å². The molecule has 0 spiro atoms. The van der Waals surface area contributed by atoms with Crippen LogP contribution in [0.4, 0.5) is 0 Å². The molecule has 2 atom stereocenters. The van der Waals surface area contributed by atoms with Gasteiger partial charge in [0.15, 0.2) is 0 Å². The molecular weight excluding hydrogens is 226 g/mol. The van der Waals surface area contributed by atoms with Gasteiger partial charge < -0.3 is 5.32 Å². The Balaban J connectivity index is 1.98. The summed E-state index contributed by atoms with van der Waals surface area (Å²) in [5, 5.41) is 3.39. The summed E-state index contributed by atoms with van der Waals surface area (Å²) in [6, 6.07) is 2.08. The van der Waals surface area contributed by atoms with Gasteiger partial charge in [-0.1, -0.05) is 0 Å². The molecule has 1 aromatic rings. The van der Waals surface area contributed by atoms with Gasteiger partial charge in [-0.3, -0.25) is 9.36 Å². The van der Waals surface area contributed by atoms with Crippen LogP contribution in [0.5, 0.6) is 0 Å².